The number of thiocarbonyl (C=S) groups is 1. The van der Waals surface area contributed by atoms with Gasteiger partial charge in [-0.25, -0.2) is 9.37 Å². The second-order valence-electron chi connectivity index (χ2n) is 8.86. The minimum Gasteiger partial charge on any atom is -0.481 e. The van der Waals surface area contributed by atoms with Crippen molar-refractivity contribution in [1.29, 1.82) is 0 Å². The van der Waals surface area contributed by atoms with Gasteiger partial charge in [-0.1, -0.05) is 30.0 Å². The van der Waals surface area contributed by atoms with Crippen molar-refractivity contribution < 1.29 is 19.1 Å². The summed E-state index contributed by atoms with van der Waals surface area (Å²) in [5, 5.41) is 8.91. The van der Waals surface area contributed by atoms with Crippen LogP contribution in [0.2, 0.25) is 0 Å². The fourth-order valence-electron chi connectivity index (χ4n) is 4.50. The lowest BCUT2D eigenvalue weighted by Gasteiger charge is -2.37. The van der Waals surface area contributed by atoms with Crippen molar-refractivity contribution in [1.82, 2.24) is 14.3 Å². The Labute approximate surface area is 227 Å². The molecule has 4 heterocycles. The summed E-state index contributed by atoms with van der Waals surface area (Å²) in [5.74, 6) is -1.10. The van der Waals surface area contributed by atoms with E-state index in [2.05, 4.69) is 4.90 Å². The molecule has 38 heavy (non-hydrogen) atoms. The quantitative estimate of drug-likeness (QED) is 0.349. The van der Waals surface area contributed by atoms with E-state index in [1.807, 2.05) is 4.90 Å². The number of pyridine rings is 1. The third-order valence-corrected chi connectivity index (χ3v) is 7.82. The third-order valence-electron chi connectivity index (χ3n) is 6.44. The maximum absolute atomic E-state index is 13.6. The number of benzene rings is 1. The predicted molar refractivity (Wildman–Crippen MR) is 149 cm³/mol. The van der Waals surface area contributed by atoms with E-state index in [1.165, 1.54) is 21.4 Å². The fraction of sp³-hybridized carbons (Fsp3) is 0.269. The Morgan fingerprint density at radius 3 is 2.50 bits per heavy atom. The second-order valence-corrected chi connectivity index (χ2v) is 10.5. The van der Waals surface area contributed by atoms with Crippen LogP contribution in [0.15, 0.2) is 58.4 Å². The van der Waals surface area contributed by atoms with E-state index < -0.39 is 5.97 Å². The van der Waals surface area contributed by atoms with Gasteiger partial charge in [0, 0.05) is 51.0 Å². The van der Waals surface area contributed by atoms with E-state index in [4.69, 9.17) is 22.3 Å². The number of carbonyl (C=O) groups is 2. The minimum absolute atomic E-state index is 0.0693. The van der Waals surface area contributed by atoms with Crippen LogP contribution in [-0.2, 0) is 9.59 Å². The van der Waals surface area contributed by atoms with Gasteiger partial charge in [-0.15, -0.1) is 0 Å². The predicted octanol–water partition coefficient (Wildman–Crippen LogP) is 3.23. The number of amides is 1. The highest BCUT2D eigenvalue weighted by Gasteiger charge is 2.33. The smallest absolute Gasteiger partial charge is 0.303 e. The van der Waals surface area contributed by atoms with Crippen molar-refractivity contribution >= 4 is 63.4 Å². The summed E-state index contributed by atoms with van der Waals surface area (Å²) < 4.78 is 15.1. The van der Waals surface area contributed by atoms with Gasteiger partial charge in [-0.05, 0) is 48.9 Å². The number of aromatic nitrogens is 2. The molecule has 2 aliphatic rings. The Kier molecular flexibility index (Phi) is 7.43. The molecule has 0 aliphatic carbocycles. The molecule has 2 aliphatic heterocycles. The van der Waals surface area contributed by atoms with Gasteiger partial charge < -0.3 is 14.9 Å². The zero-order chi connectivity index (χ0) is 26.8. The van der Waals surface area contributed by atoms with Crippen molar-refractivity contribution in [2.75, 3.05) is 42.5 Å². The van der Waals surface area contributed by atoms with Crippen molar-refractivity contribution in [3.8, 4) is 0 Å². The zero-order valence-corrected chi connectivity index (χ0v) is 21.9. The molecule has 12 heteroatoms. The lowest BCUT2D eigenvalue weighted by atomic mass is 10.2. The van der Waals surface area contributed by atoms with Gasteiger partial charge in [0.1, 0.15) is 21.6 Å². The summed E-state index contributed by atoms with van der Waals surface area (Å²) in [6.45, 7) is 2.63. The summed E-state index contributed by atoms with van der Waals surface area (Å²) in [6.07, 6.45) is 3.39. The molecular weight excluding hydrogens is 529 g/mol. The van der Waals surface area contributed by atoms with Crippen LogP contribution < -0.4 is 15.4 Å². The van der Waals surface area contributed by atoms with Crippen LogP contribution in [0.3, 0.4) is 0 Å². The van der Waals surface area contributed by atoms with E-state index in [-0.39, 0.29) is 42.2 Å². The van der Waals surface area contributed by atoms with Crippen molar-refractivity contribution in [3.63, 3.8) is 0 Å². The standard InChI is InChI=1S/C26H24FN5O4S2/c27-17-6-8-18(9-7-17)29-12-14-30(15-13-29)23-19(24(35)31-10-2-1-4-21(31)28-23)16-20-25(36)32(26(37)38-20)11-3-5-22(33)34/h1-2,4,6-10,16H,3,5,11-15H2,(H,33,34)/b20-16+. The first kappa shape index (κ1) is 25.9. The molecule has 0 bridgehead atoms. The summed E-state index contributed by atoms with van der Waals surface area (Å²) in [7, 11) is 0. The van der Waals surface area contributed by atoms with Crippen LogP contribution in [0.4, 0.5) is 15.9 Å². The van der Waals surface area contributed by atoms with Gasteiger partial charge in [0.2, 0.25) is 0 Å². The molecule has 0 atom stereocenters. The lowest BCUT2D eigenvalue weighted by molar-refractivity contribution is -0.137. The fourth-order valence-corrected chi connectivity index (χ4v) is 5.79. The molecule has 2 fully saturated rings. The van der Waals surface area contributed by atoms with Gasteiger partial charge in [0.15, 0.2) is 0 Å². The number of thioether (sulfide) groups is 1. The summed E-state index contributed by atoms with van der Waals surface area (Å²) >= 11 is 6.46. The first-order valence-corrected chi connectivity index (χ1v) is 13.3. The van der Waals surface area contributed by atoms with E-state index in [0.717, 1.165) is 17.4 Å². The Morgan fingerprint density at radius 2 is 1.79 bits per heavy atom. The maximum Gasteiger partial charge on any atom is 0.303 e. The number of halogens is 1. The number of hydrogen-bond acceptors (Lipinski definition) is 8. The Hall–Kier alpha value is -3.77. The Morgan fingerprint density at radius 1 is 1.08 bits per heavy atom. The second kappa shape index (κ2) is 10.9. The Bertz CT molecular complexity index is 1500. The number of carboxylic acid groups (broad SMARTS) is 1. The van der Waals surface area contributed by atoms with E-state index in [0.29, 0.717) is 46.9 Å². The molecule has 1 N–H and O–H groups in total. The zero-order valence-electron chi connectivity index (χ0n) is 20.2. The van der Waals surface area contributed by atoms with Gasteiger partial charge in [0.25, 0.3) is 11.5 Å². The number of rotatable bonds is 7. The molecular formula is C26H24FN5O4S2. The average molecular weight is 554 g/mol. The van der Waals surface area contributed by atoms with Crippen LogP contribution in [-0.4, -0.2) is 68.3 Å². The SMILES string of the molecule is O=C(O)CCCN1C(=O)/C(=C\c2c(N3CCN(c4ccc(F)cc4)CC3)nc3ccccn3c2=O)SC1=S. The highest BCUT2D eigenvalue weighted by atomic mass is 32.2. The first-order chi connectivity index (χ1) is 18.3. The van der Waals surface area contributed by atoms with Crippen LogP contribution >= 0.6 is 24.0 Å². The molecule has 5 rings (SSSR count). The molecule has 1 amide bonds. The molecule has 2 aromatic heterocycles. The topological polar surface area (TPSA) is 98.5 Å². The number of hydrogen-bond donors (Lipinski definition) is 1. The number of nitrogens with zero attached hydrogens (tertiary/aromatic N) is 5. The van der Waals surface area contributed by atoms with Crippen molar-refractivity contribution in [2.45, 2.75) is 12.8 Å². The first-order valence-electron chi connectivity index (χ1n) is 12.1. The van der Waals surface area contributed by atoms with Gasteiger partial charge in [0.05, 0.1) is 10.5 Å². The van der Waals surface area contributed by atoms with E-state index in [9.17, 15) is 18.8 Å². The molecule has 0 spiro atoms. The Balaban J connectivity index is 1.45. The van der Waals surface area contributed by atoms with Crippen LogP contribution in [0.5, 0.6) is 0 Å². The van der Waals surface area contributed by atoms with Gasteiger partial charge >= 0.3 is 5.97 Å². The average Bonchev–Trinajstić information content (AvgIpc) is 3.18. The third kappa shape index (κ3) is 5.27. The minimum atomic E-state index is -0.939. The molecule has 0 radical (unpaired) electrons. The normalized spacial score (nSPS) is 17.2. The number of fused-ring (bicyclic) bond motifs is 1. The number of piperazine rings is 1. The number of anilines is 2. The number of carboxylic acids is 1. The van der Waals surface area contributed by atoms with Crippen molar-refractivity contribution in [3.05, 3.63) is 75.3 Å². The maximum atomic E-state index is 13.6. The van der Waals surface area contributed by atoms with Crippen LogP contribution in [0.25, 0.3) is 11.7 Å². The largest absolute Gasteiger partial charge is 0.481 e. The summed E-state index contributed by atoms with van der Waals surface area (Å²) in [6, 6.07) is 11.7. The molecule has 3 aromatic rings. The van der Waals surface area contributed by atoms with E-state index in [1.54, 1.807) is 42.6 Å². The molecule has 9 nitrogen and oxygen atoms in total. The van der Waals surface area contributed by atoms with Crippen LogP contribution in [0, 0.1) is 5.82 Å². The highest BCUT2D eigenvalue weighted by Crippen LogP contribution is 2.34. The molecule has 196 valence electrons. The summed E-state index contributed by atoms with van der Waals surface area (Å²) in [4.78, 5) is 48.2. The molecule has 1 aromatic carbocycles. The van der Waals surface area contributed by atoms with Gasteiger partial charge in [-0.3, -0.25) is 23.7 Å². The summed E-state index contributed by atoms with van der Waals surface area (Å²) in [5.41, 5.74) is 1.40. The molecule has 0 saturated carbocycles. The highest BCUT2D eigenvalue weighted by molar-refractivity contribution is 8.26. The monoisotopic (exact) mass is 553 g/mol. The lowest BCUT2D eigenvalue weighted by Crippen LogP contribution is -2.47. The van der Waals surface area contributed by atoms with E-state index >= 15 is 0 Å². The van der Waals surface area contributed by atoms with Crippen molar-refractivity contribution in [2.24, 2.45) is 0 Å². The molecule has 0 unspecified atom stereocenters. The molecule has 2 saturated heterocycles. The van der Waals surface area contributed by atoms with Gasteiger partial charge in [-0.2, -0.15) is 0 Å². The number of carbonyl (C=O) groups excluding carboxylic acids is 1. The van der Waals surface area contributed by atoms with Crippen LogP contribution in [0.1, 0.15) is 18.4 Å². The number of aliphatic carboxylic acids is 1.